The number of rotatable bonds is 2. The Morgan fingerprint density at radius 3 is 2.82 bits per heavy atom. The highest BCUT2D eigenvalue weighted by Gasteiger charge is 2.09. The van der Waals surface area contributed by atoms with Gasteiger partial charge in [0.2, 0.25) is 0 Å². The Labute approximate surface area is 103 Å². The summed E-state index contributed by atoms with van der Waals surface area (Å²) in [6, 6.07) is 4.84. The molecule has 0 radical (unpaired) electrons. The average molecular weight is 249 g/mol. The van der Waals surface area contributed by atoms with E-state index in [1.54, 1.807) is 18.2 Å². The quantitative estimate of drug-likeness (QED) is 0.796. The Kier molecular flexibility index (Phi) is 3.20. The Morgan fingerprint density at radius 2 is 2.18 bits per heavy atom. The minimum absolute atomic E-state index is 0.224. The topological polar surface area (TPSA) is 80.9 Å². The summed E-state index contributed by atoms with van der Waals surface area (Å²) in [5.74, 6) is -0.368. The van der Waals surface area contributed by atoms with E-state index < -0.39 is 0 Å². The van der Waals surface area contributed by atoms with Crippen molar-refractivity contribution in [2.75, 3.05) is 11.1 Å². The lowest BCUT2D eigenvalue weighted by atomic mass is 10.2. The van der Waals surface area contributed by atoms with Crippen molar-refractivity contribution >= 4 is 28.9 Å². The predicted molar refractivity (Wildman–Crippen MR) is 65.8 cm³/mol. The Hall–Kier alpha value is -2.14. The van der Waals surface area contributed by atoms with Crippen LogP contribution in [0.2, 0.25) is 5.02 Å². The summed E-state index contributed by atoms with van der Waals surface area (Å²) >= 11 is 5.76. The smallest absolute Gasteiger partial charge is 0.275 e. The molecule has 2 aromatic rings. The SMILES string of the molecule is Nc1cc(Cl)ccc1NC(=O)c1cnccn1. The van der Waals surface area contributed by atoms with Gasteiger partial charge in [-0.25, -0.2) is 4.98 Å². The maximum Gasteiger partial charge on any atom is 0.275 e. The number of hydrogen-bond acceptors (Lipinski definition) is 4. The van der Waals surface area contributed by atoms with Gasteiger partial charge in [0.05, 0.1) is 17.6 Å². The molecule has 0 fully saturated rings. The Morgan fingerprint density at radius 1 is 1.35 bits per heavy atom. The highest BCUT2D eigenvalue weighted by molar-refractivity contribution is 6.31. The largest absolute Gasteiger partial charge is 0.397 e. The number of benzene rings is 1. The molecular weight excluding hydrogens is 240 g/mol. The third-order valence-corrected chi connectivity index (χ3v) is 2.29. The van der Waals surface area contributed by atoms with Gasteiger partial charge < -0.3 is 11.1 Å². The van der Waals surface area contributed by atoms with Crippen LogP contribution >= 0.6 is 11.6 Å². The molecule has 0 aliphatic carbocycles. The summed E-state index contributed by atoms with van der Waals surface area (Å²) in [4.78, 5) is 19.4. The van der Waals surface area contributed by atoms with Crippen molar-refractivity contribution in [1.29, 1.82) is 0 Å². The van der Waals surface area contributed by atoms with Gasteiger partial charge in [-0.15, -0.1) is 0 Å². The highest BCUT2D eigenvalue weighted by atomic mass is 35.5. The van der Waals surface area contributed by atoms with E-state index in [1.807, 2.05) is 0 Å². The van der Waals surface area contributed by atoms with Gasteiger partial charge in [0, 0.05) is 17.4 Å². The number of nitrogen functional groups attached to an aromatic ring is 1. The standard InChI is InChI=1S/C11H9ClN4O/c12-7-1-2-9(8(13)5-7)16-11(17)10-6-14-3-4-15-10/h1-6H,13H2,(H,16,17). The van der Waals surface area contributed by atoms with Crippen molar-refractivity contribution in [3.8, 4) is 0 Å². The van der Waals surface area contributed by atoms with Crippen LogP contribution in [0.5, 0.6) is 0 Å². The van der Waals surface area contributed by atoms with E-state index >= 15 is 0 Å². The molecule has 0 atom stereocenters. The van der Waals surface area contributed by atoms with Gasteiger partial charge in [0.15, 0.2) is 0 Å². The lowest BCUT2D eigenvalue weighted by Gasteiger charge is -2.07. The monoisotopic (exact) mass is 248 g/mol. The van der Waals surface area contributed by atoms with Gasteiger partial charge >= 0.3 is 0 Å². The average Bonchev–Trinajstić information content (AvgIpc) is 2.34. The van der Waals surface area contributed by atoms with E-state index in [4.69, 9.17) is 17.3 Å². The molecule has 0 saturated carbocycles. The molecule has 0 unspecified atom stereocenters. The van der Waals surface area contributed by atoms with Crippen molar-refractivity contribution in [1.82, 2.24) is 9.97 Å². The number of nitrogens with one attached hydrogen (secondary N) is 1. The summed E-state index contributed by atoms with van der Waals surface area (Å²) in [5, 5.41) is 3.14. The molecule has 0 bridgehead atoms. The molecule has 0 aliphatic heterocycles. The van der Waals surface area contributed by atoms with E-state index in [0.717, 1.165) is 0 Å². The van der Waals surface area contributed by atoms with Crippen LogP contribution in [0.3, 0.4) is 0 Å². The molecule has 1 amide bonds. The number of aromatic nitrogens is 2. The number of nitrogens with two attached hydrogens (primary N) is 1. The maximum atomic E-state index is 11.7. The molecule has 6 heteroatoms. The van der Waals surface area contributed by atoms with Gasteiger partial charge in [0.1, 0.15) is 5.69 Å². The molecule has 1 aromatic heterocycles. The molecule has 0 spiro atoms. The molecule has 1 heterocycles. The van der Waals surface area contributed by atoms with Gasteiger partial charge in [-0.2, -0.15) is 0 Å². The van der Waals surface area contributed by atoms with Crippen molar-refractivity contribution in [3.63, 3.8) is 0 Å². The minimum atomic E-state index is -0.368. The van der Waals surface area contributed by atoms with Crippen LogP contribution in [-0.2, 0) is 0 Å². The number of hydrogen-bond donors (Lipinski definition) is 2. The van der Waals surface area contributed by atoms with Gasteiger partial charge in [0.25, 0.3) is 5.91 Å². The molecule has 3 N–H and O–H groups in total. The zero-order chi connectivity index (χ0) is 12.3. The van der Waals surface area contributed by atoms with E-state index in [0.29, 0.717) is 16.4 Å². The second-order valence-corrected chi connectivity index (χ2v) is 3.71. The lowest BCUT2D eigenvalue weighted by molar-refractivity contribution is 0.102. The van der Waals surface area contributed by atoms with E-state index in [2.05, 4.69) is 15.3 Å². The molecule has 0 saturated heterocycles. The van der Waals surface area contributed by atoms with Crippen molar-refractivity contribution in [2.24, 2.45) is 0 Å². The first-order valence-corrected chi connectivity index (χ1v) is 5.17. The summed E-state index contributed by atoms with van der Waals surface area (Å²) in [7, 11) is 0. The van der Waals surface area contributed by atoms with E-state index in [9.17, 15) is 4.79 Å². The summed E-state index contributed by atoms with van der Waals surface area (Å²) in [6.45, 7) is 0. The fourth-order valence-corrected chi connectivity index (χ4v) is 1.43. The number of anilines is 2. The fourth-order valence-electron chi connectivity index (χ4n) is 1.25. The molecular formula is C11H9ClN4O. The molecule has 1 aromatic carbocycles. The molecule has 5 nitrogen and oxygen atoms in total. The predicted octanol–water partition coefficient (Wildman–Crippen LogP) is 1.96. The van der Waals surface area contributed by atoms with Crippen LogP contribution in [0.15, 0.2) is 36.8 Å². The first-order chi connectivity index (χ1) is 8.16. The number of carbonyl (C=O) groups is 1. The minimum Gasteiger partial charge on any atom is -0.397 e. The number of nitrogens with zero attached hydrogens (tertiary/aromatic N) is 2. The zero-order valence-electron chi connectivity index (χ0n) is 8.72. The second-order valence-electron chi connectivity index (χ2n) is 3.28. The summed E-state index contributed by atoms with van der Waals surface area (Å²) < 4.78 is 0. The van der Waals surface area contributed by atoms with Crippen molar-refractivity contribution in [2.45, 2.75) is 0 Å². The fraction of sp³-hybridized carbons (Fsp3) is 0. The van der Waals surface area contributed by atoms with E-state index in [-0.39, 0.29) is 11.6 Å². The number of carbonyl (C=O) groups excluding carboxylic acids is 1. The first-order valence-electron chi connectivity index (χ1n) is 4.79. The van der Waals surface area contributed by atoms with Crippen LogP contribution < -0.4 is 11.1 Å². The lowest BCUT2D eigenvalue weighted by Crippen LogP contribution is -2.14. The molecule has 86 valence electrons. The van der Waals surface area contributed by atoms with Crippen LogP contribution in [-0.4, -0.2) is 15.9 Å². The zero-order valence-corrected chi connectivity index (χ0v) is 9.48. The van der Waals surface area contributed by atoms with Gasteiger partial charge in [-0.1, -0.05) is 11.6 Å². The molecule has 0 aliphatic rings. The highest BCUT2D eigenvalue weighted by Crippen LogP contribution is 2.22. The third-order valence-electron chi connectivity index (χ3n) is 2.06. The normalized spacial score (nSPS) is 9.94. The molecule has 17 heavy (non-hydrogen) atoms. The molecule has 2 rings (SSSR count). The Balaban J connectivity index is 2.19. The number of amides is 1. The van der Waals surface area contributed by atoms with Crippen LogP contribution in [0.4, 0.5) is 11.4 Å². The van der Waals surface area contributed by atoms with Crippen LogP contribution in [0.25, 0.3) is 0 Å². The second kappa shape index (κ2) is 4.80. The summed E-state index contributed by atoms with van der Waals surface area (Å²) in [5.41, 5.74) is 6.83. The Bertz CT molecular complexity index is 544. The third kappa shape index (κ3) is 2.70. The van der Waals surface area contributed by atoms with Crippen molar-refractivity contribution < 1.29 is 4.79 Å². The van der Waals surface area contributed by atoms with E-state index in [1.165, 1.54) is 18.6 Å². The first kappa shape index (κ1) is 11.3. The van der Waals surface area contributed by atoms with Gasteiger partial charge in [-0.3, -0.25) is 9.78 Å². The number of halogens is 1. The van der Waals surface area contributed by atoms with Gasteiger partial charge in [-0.05, 0) is 18.2 Å². The van der Waals surface area contributed by atoms with Crippen molar-refractivity contribution in [3.05, 3.63) is 47.5 Å². The summed E-state index contributed by atoms with van der Waals surface area (Å²) in [6.07, 6.45) is 4.31. The van der Waals surface area contributed by atoms with Crippen LogP contribution in [0.1, 0.15) is 10.5 Å². The maximum absolute atomic E-state index is 11.7. The van der Waals surface area contributed by atoms with Crippen LogP contribution in [0, 0.1) is 0 Å².